The highest BCUT2D eigenvalue weighted by molar-refractivity contribution is 7.12. The van der Waals surface area contributed by atoms with E-state index in [4.69, 9.17) is 4.74 Å². The number of benzene rings is 2. The second-order valence-corrected chi connectivity index (χ2v) is 6.44. The Labute approximate surface area is 146 Å². The van der Waals surface area contributed by atoms with Gasteiger partial charge in [0.05, 0.1) is 0 Å². The summed E-state index contributed by atoms with van der Waals surface area (Å²) in [4.78, 5) is 10.6. The largest absolute Gasteiger partial charge is 0.488 e. The number of aldehydes is 1. The first-order valence-electron chi connectivity index (χ1n) is 7.41. The van der Waals surface area contributed by atoms with Gasteiger partial charge in [0.2, 0.25) is 0 Å². The highest BCUT2D eigenvalue weighted by Gasteiger charge is 2.36. The predicted molar refractivity (Wildman–Crippen MR) is 90.9 cm³/mol. The summed E-state index contributed by atoms with van der Waals surface area (Å²) < 4.78 is 45.6. The maximum absolute atomic E-state index is 13.3. The zero-order valence-electron chi connectivity index (χ0n) is 12.9. The number of ether oxygens (including phenoxy) is 1. The Morgan fingerprint density at radius 2 is 1.76 bits per heavy atom. The molecule has 128 valence electrons. The molecule has 0 aliphatic rings. The van der Waals surface area contributed by atoms with Crippen LogP contribution in [0.2, 0.25) is 0 Å². The van der Waals surface area contributed by atoms with Crippen molar-refractivity contribution in [2.75, 3.05) is 0 Å². The standard InChI is InChI=1S/C19H13F3O2S/c20-19(21,22)18-17(14-6-2-1-3-7-14)10-16(25-18)12-24-15-8-4-5-13(9-15)11-23/h1-11H,12H2. The van der Waals surface area contributed by atoms with Crippen LogP contribution in [0.3, 0.4) is 0 Å². The summed E-state index contributed by atoms with van der Waals surface area (Å²) in [5.41, 5.74) is 1.11. The summed E-state index contributed by atoms with van der Waals surface area (Å²) in [6, 6.07) is 16.4. The summed E-state index contributed by atoms with van der Waals surface area (Å²) in [5, 5.41) is 0. The fourth-order valence-corrected chi connectivity index (χ4v) is 3.35. The molecule has 0 fully saturated rings. The molecule has 0 radical (unpaired) electrons. The summed E-state index contributed by atoms with van der Waals surface area (Å²) >= 11 is 0.671. The number of hydrogen-bond acceptors (Lipinski definition) is 3. The molecule has 3 aromatic rings. The minimum absolute atomic E-state index is 0.00287. The van der Waals surface area contributed by atoms with E-state index in [2.05, 4.69) is 0 Å². The molecule has 0 bridgehead atoms. The van der Waals surface area contributed by atoms with Crippen LogP contribution >= 0.6 is 11.3 Å². The van der Waals surface area contributed by atoms with E-state index in [1.807, 2.05) is 0 Å². The van der Waals surface area contributed by atoms with Crippen LogP contribution < -0.4 is 4.74 Å². The van der Waals surface area contributed by atoms with Crippen LogP contribution in [0, 0.1) is 0 Å². The normalized spacial score (nSPS) is 11.3. The van der Waals surface area contributed by atoms with E-state index in [1.165, 1.54) is 6.07 Å². The molecule has 1 aromatic heterocycles. The van der Waals surface area contributed by atoms with Crippen molar-refractivity contribution in [3.05, 3.63) is 76.0 Å². The van der Waals surface area contributed by atoms with Gasteiger partial charge in [-0.1, -0.05) is 42.5 Å². The Morgan fingerprint density at radius 1 is 1.00 bits per heavy atom. The first kappa shape index (κ1) is 17.2. The van der Waals surface area contributed by atoms with E-state index in [0.717, 1.165) is 0 Å². The average Bonchev–Trinajstić information content (AvgIpc) is 3.06. The lowest BCUT2D eigenvalue weighted by Crippen LogP contribution is -2.03. The third-order valence-corrected chi connectivity index (χ3v) is 4.65. The van der Waals surface area contributed by atoms with E-state index in [9.17, 15) is 18.0 Å². The van der Waals surface area contributed by atoms with Crippen molar-refractivity contribution < 1.29 is 22.7 Å². The third kappa shape index (κ3) is 4.09. The molecule has 0 N–H and O–H groups in total. The zero-order chi connectivity index (χ0) is 17.9. The van der Waals surface area contributed by atoms with Crippen LogP contribution in [0.4, 0.5) is 13.2 Å². The molecule has 0 amide bonds. The highest BCUT2D eigenvalue weighted by atomic mass is 32.1. The number of hydrogen-bond donors (Lipinski definition) is 0. The van der Waals surface area contributed by atoms with Crippen LogP contribution in [-0.4, -0.2) is 6.29 Å². The van der Waals surface area contributed by atoms with Gasteiger partial charge >= 0.3 is 6.18 Å². The minimum Gasteiger partial charge on any atom is -0.488 e. The Balaban J connectivity index is 1.87. The highest BCUT2D eigenvalue weighted by Crippen LogP contribution is 2.43. The maximum atomic E-state index is 13.3. The molecule has 25 heavy (non-hydrogen) atoms. The molecule has 0 unspecified atom stereocenters. The van der Waals surface area contributed by atoms with Gasteiger partial charge in [0.25, 0.3) is 0 Å². The Morgan fingerprint density at radius 3 is 2.44 bits per heavy atom. The van der Waals surface area contributed by atoms with Crippen LogP contribution in [0.25, 0.3) is 11.1 Å². The molecule has 2 nitrogen and oxygen atoms in total. The van der Waals surface area contributed by atoms with Gasteiger partial charge in [0.15, 0.2) is 0 Å². The van der Waals surface area contributed by atoms with Gasteiger partial charge in [-0.3, -0.25) is 4.79 Å². The van der Waals surface area contributed by atoms with Crippen LogP contribution in [0.15, 0.2) is 60.7 Å². The van der Waals surface area contributed by atoms with Gasteiger partial charge in [-0.05, 0) is 23.8 Å². The molecule has 2 aromatic carbocycles. The first-order valence-corrected chi connectivity index (χ1v) is 8.22. The molecule has 0 saturated carbocycles. The van der Waals surface area contributed by atoms with E-state index < -0.39 is 11.1 Å². The fourth-order valence-electron chi connectivity index (χ4n) is 2.39. The molecule has 1 heterocycles. The van der Waals surface area contributed by atoms with Gasteiger partial charge < -0.3 is 4.74 Å². The lowest BCUT2D eigenvalue weighted by atomic mass is 10.1. The number of rotatable bonds is 5. The summed E-state index contributed by atoms with van der Waals surface area (Å²) in [5.74, 6) is 0.438. The molecule has 0 aliphatic heterocycles. The Hall–Kier alpha value is -2.60. The second-order valence-electron chi connectivity index (χ2n) is 5.30. The summed E-state index contributed by atoms with van der Waals surface area (Å²) in [6.07, 6.45) is -3.74. The lowest BCUT2D eigenvalue weighted by Gasteiger charge is -2.07. The molecular formula is C19H13F3O2S. The van der Waals surface area contributed by atoms with E-state index in [-0.39, 0.29) is 12.2 Å². The summed E-state index contributed by atoms with van der Waals surface area (Å²) in [6.45, 7) is 0.00287. The van der Waals surface area contributed by atoms with Gasteiger partial charge in [0.1, 0.15) is 23.5 Å². The van der Waals surface area contributed by atoms with Crippen molar-refractivity contribution in [3.8, 4) is 16.9 Å². The van der Waals surface area contributed by atoms with Crippen molar-refractivity contribution in [1.29, 1.82) is 0 Å². The number of carbonyl (C=O) groups excluding carboxylic acids is 1. The SMILES string of the molecule is O=Cc1cccc(OCc2cc(-c3ccccc3)c(C(F)(F)F)s2)c1. The van der Waals surface area contributed by atoms with Gasteiger partial charge in [0, 0.05) is 16.0 Å². The second kappa shape index (κ2) is 7.11. The number of halogens is 3. The van der Waals surface area contributed by atoms with Crippen molar-refractivity contribution in [3.63, 3.8) is 0 Å². The first-order chi connectivity index (χ1) is 12.0. The maximum Gasteiger partial charge on any atom is 0.426 e. The summed E-state index contributed by atoms with van der Waals surface area (Å²) in [7, 11) is 0. The molecule has 3 rings (SSSR count). The quantitative estimate of drug-likeness (QED) is 0.534. The number of alkyl halides is 3. The van der Waals surface area contributed by atoms with Crippen LogP contribution in [0.5, 0.6) is 5.75 Å². The van der Waals surface area contributed by atoms with Crippen molar-refractivity contribution in [2.24, 2.45) is 0 Å². The molecule has 0 aliphatic carbocycles. The minimum atomic E-state index is -4.43. The van der Waals surface area contributed by atoms with Gasteiger partial charge in [-0.2, -0.15) is 13.2 Å². The lowest BCUT2D eigenvalue weighted by molar-refractivity contribution is -0.133. The van der Waals surface area contributed by atoms with Crippen molar-refractivity contribution in [2.45, 2.75) is 12.8 Å². The average molecular weight is 362 g/mol. The third-order valence-electron chi connectivity index (χ3n) is 3.50. The number of thiophene rings is 1. The molecular weight excluding hydrogens is 349 g/mol. The van der Waals surface area contributed by atoms with E-state index in [1.54, 1.807) is 54.6 Å². The van der Waals surface area contributed by atoms with Gasteiger partial charge in [-0.15, -0.1) is 11.3 Å². The topological polar surface area (TPSA) is 26.3 Å². The molecule has 6 heteroatoms. The zero-order valence-corrected chi connectivity index (χ0v) is 13.7. The smallest absolute Gasteiger partial charge is 0.426 e. The predicted octanol–water partition coefficient (Wildman–Crippen LogP) is 5.83. The fraction of sp³-hybridized carbons (Fsp3) is 0.105. The number of carbonyl (C=O) groups is 1. The molecule has 0 atom stereocenters. The van der Waals surface area contributed by atoms with Crippen molar-refractivity contribution >= 4 is 17.6 Å². The monoisotopic (exact) mass is 362 g/mol. The Bertz CT molecular complexity index is 870. The van der Waals surface area contributed by atoms with Crippen LogP contribution in [-0.2, 0) is 12.8 Å². The Kier molecular flexibility index (Phi) is 4.90. The van der Waals surface area contributed by atoms with Crippen molar-refractivity contribution in [1.82, 2.24) is 0 Å². The molecule has 0 saturated heterocycles. The van der Waals surface area contributed by atoms with Crippen LogP contribution in [0.1, 0.15) is 20.1 Å². The van der Waals surface area contributed by atoms with Gasteiger partial charge in [-0.25, -0.2) is 0 Å². The molecule has 0 spiro atoms. The van der Waals surface area contributed by atoms with E-state index in [0.29, 0.717) is 39.4 Å². The van der Waals surface area contributed by atoms with E-state index >= 15 is 0 Å².